The van der Waals surface area contributed by atoms with Crippen LogP contribution in [0.2, 0.25) is 0 Å². The molecule has 1 saturated heterocycles. The summed E-state index contributed by atoms with van der Waals surface area (Å²) >= 11 is 16.1. The molecular weight excluding hydrogens is 451 g/mol. The van der Waals surface area contributed by atoms with Crippen molar-refractivity contribution >= 4 is 35.0 Å². The summed E-state index contributed by atoms with van der Waals surface area (Å²) in [5, 5.41) is 2.46. The summed E-state index contributed by atoms with van der Waals surface area (Å²) in [6.07, 6.45) is 26.0. The second-order valence-corrected chi connectivity index (χ2v) is 16.0. The molecule has 0 radical (unpaired) electrons. The molecule has 11 atom stereocenters. The zero-order valence-electron chi connectivity index (χ0n) is 20.2. The quantitative estimate of drug-likeness (QED) is 0.342. The Bertz CT molecular complexity index is 653. The summed E-state index contributed by atoms with van der Waals surface area (Å²) in [7, 11) is 0. The van der Waals surface area contributed by atoms with Crippen LogP contribution >= 0.6 is 35.0 Å². The first-order chi connectivity index (χ1) is 15.6. The summed E-state index contributed by atoms with van der Waals surface area (Å²) in [5.74, 6) is 6.89. The molecule has 0 amide bonds. The first-order valence-corrected chi connectivity index (χ1v) is 16.3. The van der Waals surface area contributed by atoms with Crippen LogP contribution in [0.25, 0.3) is 0 Å². The van der Waals surface area contributed by atoms with E-state index >= 15 is 0 Å². The van der Waals surface area contributed by atoms with Gasteiger partial charge in [-0.1, -0.05) is 12.8 Å². The Morgan fingerprint density at radius 2 is 1.12 bits per heavy atom. The van der Waals surface area contributed by atoms with Gasteiger partial charge in [-0.15, -0.1) is 23.2 Å². The molecule has 0 spiro atoms. The fourth-order valence-electron chi connectivity index (χ4n) is 9.67. The van der Waals surface area contributed by atoms with E-state index in [1.165, 1.54) is 103 Å². The van der Waals surface area contributed by atoms with E-state index in [9.17, 15) is 0 Å². The molecule has 6 rings (SSSR count). The highest BCUT2D eigenvalue weighted by Gasteiger charge is 2.47. The molecule has 1 heterocycles. The van der Waals surface area contributed by atoms with E-state index < -0.39 is 0 Å². The maximum absolute atomic E-state index is 7.12. The molecule has 11 unspecified atom stereocenters. The van der Waals surface area contributed by atoms with Crippen LogP contribution in [0.3, 0.4) is 0 Å². The lowest BCUT2D eigenvalue weighted by atomic mass is 9.61. The monoisotopic (exact) mass is 496 g/mol. The zero-order chi connectivity index (χ0) is 21.7. The summed E-state index contributed by atoms with van der Waals surface area (Å²) in [4.78, 5) is 0.196. The highest BCUT2D eigenvalue weighted by molar-refractivity contribution is 8.00. The summed E-state index contributed by atoms with van der Waals surface area (Å²) in [5.41, 5.74) is 0. The van der Waals surface area contributed by atoms with Crippen molar-refractivity contribution in [1.82, 2.24) is 0 Å². The molecule has 0 nitrogen and oxygen atoms in total. The first-order valence-electron chi connectivity index (χ1n) is 14.6. The van der Waals surface area contributed by atoms with Crippen molar-refractivity contribution in [1.29, 1.82) is 0 Å². The summed E-state index contributed by atoms with van der Waals surface area (Å²) in [6, 6.07) is 0. The van der Waals surface area contributed by atoms with Crippen LogP contribution in [0.1, 0.15) is 116 Å². The zero-order valence-corrected chi connectivity index (χ0v) is 22.5. The highest BCUT2D eigenvalue weighted by atomic mass is 35.5. The van der Waals surface area contributed by atoms with Crippen molar-refractivity contribution in [3.05, 3.63) is 0 Å². The van der Waals surface area contributed by atoms with E-state index in [4.69, 9.17) is 23.2 Å². The standard InChI is InChI=1S/C29H46Cl2S/c30-26-9-6-19-15-23(5-4-21(19)18-26)28-11-8-24-16-20(7-10-27(24)32-28)22-12-14-29(31)13-2-1-3-25(29)17-22/h19-28H,1-18H2. The predicted molar refractivity (Wildman–Crippen MR) is 141 cm³/mol. The van der Waals surface area contributed by atoms with Crippen LogP contribution in [0.4, 0.5) is 0 Å². The number of rotatable bonds is 2. The van der Waals surface area contributed by atoms with Gasteiger partial charge in [0, 0.05) is 20.8 Å². The van der Waals surface area contributed by atoms with Crippen molar-refractivity contribution in [2.75, 3.05) is 0 Å². The van der Waals surface area contributed by atoms with E-state index in [2.05, 4.69) is 11.8 Å². The molecular formula is C29H46Cl2S. The van der Waals surface area contributed by atoms with Gasteiger partial charge in [0.15, 0.2) is 0 Å². The van der Waals surface area contributed by atoms with Gasteiger partial charge in [-0.2, -0.15) is 11.8 Å². The largest absolute Gasteiger partial charge is 0.155 e. The fourth-order valence-corrected chi connectivity index (χ4v) is 12.4. The van der Waals surface area contributed by atoms with Crippen LogP contribution in [0, 0.1) is 41.4 Å². The Hall–Kier alpha value is 0.930. The molecule has 182 valence electrons. The molecule has 1 aliphatic heterocycles. The number of halogens is 2. The Morgan fingerprint density at radius 3 is 1.91 bits per heavy atom. The second kappa shape index (κ2) is 9.76. The molecule has 6 aliphatic rings. The van der Waals surface area contributed by atoms with Crippen LogP contribution in [0.5, 0.6) is 0 Å². The molecule has 6 fully saturated rings. The van der Waals surface area contributed by atoms with Gasteiger partial charge in [-0.05, 0) is 144 Å². The van der Waals surface area contributed by atoms with Crippen LogP contribution < -0.4 is 0 Å². The van der Waals surface area contributed by atoms with Gasteiger partial charge in [0.05, 0.1) is 0 Å². The van der Waals surface area contributed by atoms with E-state index in [1.807, 2.05) is 0 Å². The minimum Gasteiger partial charge on any atom is -0.155 e. The lowest BCUT2D eigenvalue weighted by Gasteiger charge is -2.51. The third-order valence-corrected chi connectivity index (χ3v) is 14.6. The van der Waals surface area contributed by atoms with Crippen LogP contribution in [-0.2, 0) is 0 Å². The molecule has 0 aromatic rings. The van der Waals surface area contributed by atoms with Gasteiger partial charge in [-0.3, -0.25) is 0 Å². The van der Waals surface area contributed by atoms with E-state index in [0.29, 0.717) is 5.38 Å². The molecule has 0 bridgehead atoms. The first kappa shape index (κ1) is 23.3. The lowest BCUT2D eigenvalue weighted by molar-refractivity contribution is 0.0850. The van der Waals surface area contributed by atoms with E-state index in [-0.39, 0.29) is 4.87 Å². The maximum atomic E-state index is 7.12. The second-order valence-electron chi connectivity index (χ2n) is 13.1. The number of alkyl halides is 2. The number of hydrogen-bond acceptors (Lipinski definition) is 1. The Balaban J connectivity index is 1.01. The van der Waals surface area contributed by atoms with Crippen LogP contribution in [-0.4, -0.2) is 20.8 Å². The van der Waals surface area contributed by atoms with Crippen molar-refractivity contribution in [2.45, 2.75) is 136 Å². The van der Waals surface area contributed by atoms with Crippen molar-refractivity contribution in [3.8, 4) is 0 Å². The minimum atomic E-state index is 0.196. The third-order valence-electron chi connectivity index (χ3n) is 11.6. The normalized spacial score (nSPS) is 54.2. The van der Waals surface area contributed by atoms with Gasteiger partial charge < -0.3 is 0 Å². The Morgan fingerprint density at radius 1 is 0.531 bits per heavy atom. The van der Waals surface area contributed by atoms with E-state index in [1.54, 1.807) is 12.8 Å². The third kappa shape index (κ3) is 4.68. The van der Waals surface area contributed by atoms with Crippen molar-refractivity contribution in [3.63, 3.8) is 0 Å². The molecule has 0 aromatic heterocycles. The van der Waals surface area contributed by atoms with Gasteiger partial charge in [0.2, 0.25) is 0 Å². The van der Waals surface area contributed by atoms with Gasteiger partial charge in [0.25, 0.3) is 0 Å². The smallest absolute Gasteiger partial charge is 0.0475 e. The predicted octanol–water partition coefficient (Wildman–Crippen LogP) is 9.46. The highest BCUT2D eigenvalue weighted by Crippen LogP contribution is 2.56. The van der Waals surface area contributed by atoms with Crippen molar-refractivity contribution < 1.29 is 0 Å². The van der Waals surface area contributed by atoms with Crippen LogP contribution in [0.15, 0.2) is 0 Å². The number of thioether (sulfide) groups is 1. The molecule has 5 aliphatic carbocycles. The Kier molecular flexibility index (Phi) is 7.12. The topological polar surface area (TPSA) is 0 Å². The minimum absolute atomic E-state index is 0.196. The fraction of sp³-hybridized carbons (Fsp3) is 1.00. The van der Waals surface area contributed by atoms with Gasteiger partial charge in [-0.25, -0.2) is 0 Å². The summed E-state index contributed by atoms with van der Waals surface area (Å²) < 4.78 is 0. The number of fused-ring (bicyclic) bond motifs is 3. The maximum Gasteiger partial charge on any atom is 0.0475 e. The molecule has 0 aromatic carbocycles. The number of hydrogen-bond donors (Lipinski definition) is 0. The summed E-state index contributed by atoms with van der Waals surface area (Å²) in [6.45, 7) is 0. The SMILES string of the molecule is ClC1CCC2CC(C3CCC4CC(C5CCC6(Cl)CCCCC6C5)CCC4S3)CCC2C1. The molecule has 5 saturated carbocycles. The average molecular weight is 498 g/mol. The molecule has 0 N–H and O–H groups in total. The Labute approximate surface area is 212 Å². The molecule has 32 heavy (non-hydrogen) atoms. The average Bonchev–Trinajstić information content (AvgIpc) is 2.82. The van der Waals surface area contributed by atoms with Gasteiger partial charge in [0.1, 0.15) is 0 Å². The van der Waals surface area contributed by atoms with Crippen molar-refractivity contribution in [2.24, 2.45) is 41.4 Å². The lowest BCUT2D eigenvalue weighted by Crippen LogP contribution is -2.44. The van der Waals surface area contributed by atoms with E-state index in [0.717, 1.165) is 51.9 Å². The molecule has 3 heteroatoms. The van der Waals surface area contributed by atoms with Gasteiger partial charge >= 0.3 is 0 Å².